The molecule has 0 bridgehead atoms. The minimum Gasteiger partial charge on any atom is -0.395 e. The van der Waals surface area contributed by atoms with Gasteiger partial charge in [0, 0.05) is 0 Å². The summed E-state index contributed by atoms with van der Waals surface area (Å²) in [5, 5.41) is 8.13. The van der Waals surface area contributed by atoms with Crippen LogP contribution in [0.2, 0.25) is 0 Å². The maximum Gasteiger partial charge on any atom is 0.0936 e. The van der Waals surface area contributed by atoms with E-state index in [4.69, 9.17) is 5.11 Å². The van der Waals surface area contributed by atoms with Crippen molar-refractivity contribution in [3.63, 3.8) is 0 Å². The molecule has 0 aliphatic heterocycles. The number of hydrogen-bond acceptors (Lipinski definition) is 2. The second kappa shape index (κ2) is 4.23. The number of aliphatic hydroxyl groups excluding tert-OH is 1. The van der Waals surface area contributed by atoms with Crippen molar-refractivity contribution in [2.75, 3.05) is 19.4 Å². The van der Waals surface area contributed by atoms with Crippen LogP contribution >= 0.6 is 0 Å². The van der Waals surface area contributed by atoms with Crippen LogP contribution in [0.5, 0.6) is 0 Å². The zero-order valence-electron chi connectivity index (χ0n) is 4.18. The number of rotatable bonds is 3. The van der Waals surface area contributed by atoms with E-state index in [1.807, 2.05) is 0 Å². The van der Waals surface area contributed by atoms with Gasteiger partial charge < -0.3 is 5.11 Å². The van der Waals surface area contributed by atoms with E-state index in [0.29, 0.717) is 5.75 Å². The highest BCUT2D eigenvalue weighted by Gasteiger charge is 1.88. The summed E-state index contributed by atoms with van der Waals surface area (Å²) in [4.78, 5) is 0. The zero-order chi connectivity index (χ0) is 5.70. The van der Waals surface area contributed by atoms with E-state index in [1.54, 1.807) is 7.05 Å². The van der Waals surface area contributed by atoms with Gasteiger partial charge in [0.25, 0.3) is 0 Å². The second-order valence-corrected chi connectivity index (χ2v) is 2.48. The fraction of sp³-hybridized carbons (Fsp3) is 1.00. The zero-order valence-corrected chi connectivity index (χ0v) is 4.99. The van der Waals surface area contributed by atoms with Crippen molar-refractivity contribution in [1.29, 1.82) is 0 Å². The van der Waals surface area contributed by atoms with Gasteiger partial charge in [-0.3, -0.25) is 0 Å². The van der Waals surface area contributed by atoms with Crippen LogP contribution in [0.1, 0.15) is 0 Å². The predicted molar refractivity (Wildman–Crippen MR) is 29.2 cm³/mol. The molecule has 44 valence electrons. The average Bonchev–Trinajstić information content (AvgIpc) is 1.68. The van der Waals surface area contributed by atoms with Crippen LogP contribution in [0.4, 0.5) is 0 Å². The van der Waals surface area contributed by atoms with Crippen molar-refractivity contribution < 1.29 is 9.32 Å². The Balaban J connectivity index is 3.00. The Morgan fingerprint density at radius 3 is 2.57 bits per heavy atom. The molecule has 0 aliphatic carbocycles. The quantitative estimate of drug-likeness (QED) is 0.498. The van der Waals surface area contributed by atoms with Crippen LogP contribution in [-0.4, -0.2) is 28.7 Å². The van der Waals surface area contributed by atoms with Crippen molar-refractivity contribution in [3.05, 3.63) is 0 Å². The molecule has 4 heteroatoms. The van der Waals surface area contributed by atoms with Crippen LogP contribution in [-0.2, 0) is 11.0 Å². The molecule has 0 heterocycles. The Kier molecular flexibility index (Phi) is 4.28. The SMILES string of the molecule is CNS(=O)CCO. The number of nitrogens with one attached hydrogen (secondary N) is 1. The monoisotopic (exact) mass is 123 g/mol. The molecule has 3 nitrogen and oxygen atoms in total. The first-order chi connectivity index (χ1) is 3.31. The van der Waals surface area contributed by atoms with Gasteiger partial charge in [0.05, 0.1) is 23.3 Å². The molecule has 0 aromatic carbocycles. The summed E-state index contributed by atoms with van der Waals surface area (Å²) in [6, 6.07) is 0. The molecule has 1 unspecified atom stereocenters. The minimum absolute atomic E-state index is 0.0204. The molecule has 0 spiro atoms. The molecule has 0 aromatic heterocycles. The van der Waals surface area contributed by atoms with Crippen LogP contribution in [0, 0.1) is 0 Å². The maximum atomic E-state index is 10.3. The lowest BCUT2D eigenvalue weighted by atomic mass is 10.9. The van der Waals surface area contributed by atoms with Gasteiger partial charge in [-0.25, -0.2) is 8.93 Å². The summed E-state index contributed by atoms with van der Waals surface area (Å²) in [6.45, 7) is -0.0204. The Hall–Kier alpha value is 0.0700. The van der Waals surface area contributed by atoms with E-state index in [1.165, 1.54) is 0 Å². The van der Waals surface area contributed by atoms with Gasteiger partial charge in [-0.1, -0.05) is 0 Å². The molecule has 7 heavy (non-hydrogen) atoms. The first-order valence-corrected chi connectivity index (χ1v) is 3.29. The minimum atomic E-state index is -1.03. The molecule has 0 fully saturated rings. The molecule has 0 radical (unpaired) electrons. The molecule has 0 aliphatic rings. The molecule has 0 saturated heterocycles. The summed E-state index contributed by atoms with van der Waals surface area (Å²) in [6.07, 6.45) is 0. The predicted octanol–water partition coefficient (Wildman–Crippen LogP) is -1.14. The summed E-state index contributed by atoms with van der Waals surface area (Å²) in [7, 11) is 0.562. The Morgan fingerprint density at radius 2 is 2.43 bits per heavy atom. The fourth-order valence-electron chi connectivity index (χ4n) is 0.185. The van der Waals surface area contributed by atoms with Gasteiger partial charge in [-0.05, 0) is 7.05 Å². The highest BCUT2D eigenvalue weighted by Crippen LogP contribution is 1.67. The van der Waals surface area contributed by atoms with Crippen LogP contribution in [0.3, 0.4) is 0 Å². The molecular weight excluding hydrogens is 114 g/mol. The third kappa shape index (κ3) is 3.91. The molecule has 2 N–H and O–H groups in total. The van der Waals surface area contributed by atoms with Gasteiger partial charge in [0.2, 0.25) is 0 Å². The number of hydrogen-bond donors (Lipinski definition) is 2. The van der Waals surface area contributed by atoms with Crippen molar-refractivity contribution in [2.24, 2.45) is 0 Å². The topological polar surface area (TPSA) is 49.3 Å². The van der Waals surface area contributed by atoms with Gasteiger partial charge in [0.1, 0.15) is 0 Å². The lowest BCUT2D eigenvalue weighted by Crippen LogP contribution is -2.15. The fourth-order valence-corrected chi connectivity index (χ4v) is 0.555. The molecule has 0 amide bonds. The van der Waals surface area contributed by atoms with Crippen molar-refractivity contribution in [3.8, 4) is 0 Å². The van der Waals surface area contributed by atoms with E-state index in [0.717, 1.165) is 0 Å². The molecular formula is C3H9NO2S. The van der Waals surface area contributed by atoms with Crippen molar-refractivity contribution in [1.82, 2.24) is 4.72 Å². The maximum absolute atomic E-state index is 10.3. The van der Waals surface area contributed by atoms with E-state index < -0.39 is 11.0 Å². The summed E-state index contributed by atoms with van der Waals surface area (Å²) in [5.74, 6) is 0.316. The first-order valence-electron chi connectivity index (χ1n) is 1.98. The average molecular weight is 123 g/mol. The largest absolute Gasteiger partial charge is 0.395 e. The van der Waals surface area contributed by atoms with Crippen LogP contribution in [0.25, 0.3) is 0 Å². The van der Waals surface area contributed by atoms with Crippen LogP contribution < -0.4 is 4.72 Å². The van der Waals surface area contributed by atoms with Crippen LogP contribution in [0.15, 0.2) is 0 Å². The number of aliphatic hydroxyl groups is 1. The third-order valence-electron chi connectivity index (χ3n) is 0.504. The van der Waals surface area contributed by atoms with E-state index in [9.17, 15) is 4.21 Å². The highest BCUT2D eigenvalue weighted by atomic mass is 32.2. The third-order valence-corrected chi connectivity index (χ3v) is 1.51. The first kappa shape index (κ1) is 7.07. The van der Waals surface area contributed by atoms with E-state index >= 15 is 0 Å². The lowest BCUT2D eigenvalue weighted by molar-refractivity contribution is 0.321. The molecule has 1 atom stereocenters. The van der Waals surface area contributed by atoms with Crippen molar-refractivity contribution in [2.45, 2.75) is 0 Å². The molecule has 0 aromatic rings. The Morgan fingerprint density at radius 1 is 1.86 bits per heavy atom. The normalized spacial score (nSPS) is 14.0. The standard InChI is InChI=1S/C3H9NO2S/c1-4-7(6)3-2-5/h4-5H,2-3H2,1H3. The van der Waals surface area contributed by atoms with E-state index in [2.05, 4.69) is 4.72 Å². The summed E-state index contributed by atoms with van der Waals surface area (Å²) < 4.78 is 12.7. The van der Waals surface area contributed by atoms with Gasteiger partial charge in [-0.2, -0.15) is 0 Å². The second-order valence-electron chi connectivity index (χ2n) is 0.977. The van der Waals surface area contributed by atoms with Gasteiger partial charge in [0.15, 0.2) is 0 Å². The Bertz CT molecular complexity index is 66.0. The van der Waals surface area contributed by atoms with Crippen molar-refractivity contribution >= 4 is 11.0 Å². The highest BCUT2D eigenvalue weighted by molar-refractivity contribution is 7.83. The smallest absolute Gasteiger partial charge is 0.0936 e. The molecule has 0 saturated carbocycles. The summed E-state index contributed by atoms with van der Waals surface area (Å²) in [5.41, 5.74) is 0. The van der Waals surface area contributed by atoms with Gasteiger partial charge in [-0.15, -0.1) is 0 Å². The van der Waals surface area contributed by atoms with Gasteiger partial charge >= 0.3 is 0 Å². The molecule has 0 rings (SSSR count). The summed E-state index contributed by atoms with van der Waals surface area (Å²) >= 11 is 0. The Labute approximate surface area is 45.3 Å². The lowest BCUT2D eigenvalue weighted by Gasteiger charge is -1.91. The van der Waals surface area contributed by atoms with E-state index in [-0.39, 0.29) is 6.61 Å².